The Balaban J connectivity index is 1.80. The first-order chi connectivity index (χ1) is 9.02. The third kappa shape index (κ3) is 3.71. The molecule has 0 aliphatic carbocycles. The van der Waals surface area contributed by atoms with Crippen LogP contribution in [0, 0.1) is 19.3 Å². The Morgan fingerprint density at radius 3 is 2.84 bits per heavy atom. The number of rotatable bonds is 5. The monoisotopic (exact) mass is 262 g/mol. The Bertz CT molecular complexity index is 433. The average Bonchev–Trinajstić information content (AvgIpc) is 2.76. The third-order valence-corrected chi connectivity index (χ3v) is 4.14. The summed E-state index contributed by atoms with van der Waals surface area (Å²) in [5, 5.41) is 0. The fourth-order valence-electron chi connectivity index (χ4n) is 2.63. The molecule has 0 spiro atoms. The maximum Gasteiger partial charge on any atom is 0.122 e. The molecule has 1 aromatic rings. The van der Waals surface area contributed by atoms with Crippen LogP contribution < -0.4 is 10.5 Å². The van der Waals surface area contributed by atoms with E-state index in [9.17, 15) is 0 Å². The van der Waals surface area contributed by atoms with Crippen molar-refractivity contribution in [3.8, 4) is 5.75 Å². The van der Waals surface area contributed by atoms with E-state index in [1.54, 1.807) is 0 Å². The average molecular weight is 262 g/mol. The largest absolute Gasteiger partial charge is 0.492 e. The van der Waals surface area contributed by atoms with Crippen LogP contribution in [0.5, 0.6) is 5.75 Å². The van der Waals surface area contributed by atoms with Gasteiger partial charge in [-0.2, -0.15) is 0 Å². The van der Waals surface area contributed by atoms with E-state index in [1.807, 2.05) is 0 Å². The summed E-state index contributed by atoms with van der Waals surface area (Å²) in [7, 11) is 0. The molecule has 0 bridgehead atoms. The molecular weight excluding hydrogens is 236 g/mol. The third-order valence-electron chi connectivity index (χ3n) is 4.14. The fraction of sp³-hybridized carbons (Fsp3) is 0.625. The lowest BCUT2D eigenvalue weighted by molar-refractivity contribution is 0.219. The van der Waals surface area contributed by atoms with Crippen LogP contribution in [0.1, 0.15) is 24.5 Å². The molecule has 0 amide bonds. The van der Waals surface area contributed by atoms with E-state index >= 15 is 0 Å². The van der Waals surface area contributed by atoms with Crippen LogP contribution in [-0.2, 0) is 0 Å². The van der Waals surface area contributed by atoms with E-state index in [0.717, 1.165) is 38.5 Å². The van der Waals surface area contributed by atoms with Gasteiger partial charge < -0.3 is 10.5 Å². The molecule has 1 unspecified atom stereocenters. The molecule has 1 aliphatic rings. The zero-order valence-corrected chi connectivity index (χ0v) is 12.4. The van der Waals surface area contributed by atoms with E-state index in [0.29, 0.717) is 5.41 Å². The fourth-order valence-corrected chi connectivity index (χ4v) is 2.63. The van der Waals surface area contributed by atoms with Crippen molar-refractivity contribution in [3.05, 3.63) is 29.3 Å². The molecule has 1 aromatic carbocycles. The summed E-state index contributed by atoms with van der Waals surface area (Å²) in [5.41, 5.74) is 8.59. The normalized spacial score (nSPS) is 23.8. The first-order valence-electron chi connectivity index (χ1n) is 7.15. The molecule has 0 aromatic heterocycles. The van der Waals surface area contributed by atoms with E-state index in [1.165, 1.54) is 17.5 Å². The maximum absolute atomic E-state index is 5.91. The number of nitrogens with zero attached hydrogens (tertiary/aromatic N) is 1. The number of likely N-dealkylation sites (tertiary alicyclic amines) is 1. The second kappa shape index (κ2) is 5.93. The molecular formula is C16H26N2O. The van der Waals surface area contributed by atoms with E-state index in [2.05, 4.69) is 43.9 Å². The van der Waals surface area contributed by atoms with Crippen molar-refractivity contribution in [3.63, 3.8) is 0 Å². The van der Waals surface area contributed by atoms with Crippen molar-refractivity contribution in [2.45, 2.75) is 27.2 Å². The van der Waals surface area contributed by atoms with Crippen molar-refractivity contribution in [1.29, 1.82) is 0 Å². The highest BCUT2D eigenvalue weighted by Gasteiger charge is 2.31. The molecule has 1 aliphatic heterocycles. The second-order valence-electron chi connectivity index (χ2n) is 6.16. The van der Waals surface area contributed by atoms with Gasteiger partial charge in [-0.1, -0.05) is 19.1 Å². The van der Waals surface area contributed by atoms with Gasteiger partial charge in [0.1, 0.15) is 12.4 Å². The molecule has 2 rings (SSSR count). The smallest absolute Gasteiger partial charge is 0.122 e. The van der Waals surface area contributed by atoms with E-state index in [4.69, 9.17) is 10.5 Å². The van der Waals surface area contributed by atoms with Crippen molar-refractivity contribution >= 4 is 0 Å². The quantitative estimate of drug-likeness (QED) is 0.885. The molecule has 1 fully saturated rings. The molecule has 1 heterocycles. The summed E-state index contributed by atoms with van der Waals surface area (Å²) >= 11 is 0. The highest BCUT2D eigenvalue weighted by Crippen LogP contribution is 2.28. The van der Waals surface area contributed by atoms with Gasteiger partial charge in [0.15, 0.2) is 0 Å². The number of hydrogen-bond acceptors (Lipinski definition) is 3. The van der Waals surface area contributed by atoms with Crippen LogP contribution in [0.3, 0.4) is 0 Å². The number of hydrogen-bond donors (Lipinski definition) is 1. The van der Waals surface area contributed by atoms with Crippen LogP contribution in [0.4, 0.5) is 0 Å². The Kier molecular flexibility index (Phi) is 4.48. The molecule has 106 valence electrons. The lowest BCUT2D eigenvalue weighted by atomic mass is 9.90. The zero-order valence-electron chi connectivity index (χ0n) is 12.4. The molecule has 1 atom stereocenters. The minimum absolute atomic E-state index is 0.305. The first-order valence-corrected chi connectivity index (χ1v) is 7.15. The van der Waals surface area contributed by atoms with Gasteiger partial charge in [-0.3, -0.25) is 4.90 Å². The van der Waals surface area contributed by atoms with Crippen LogP contribution in [0.2, 0.25) is 0 Å². The van der Waals surface area contributed by atoms with Gasteiger partial charge in [-0.25, -0.2) is 0 Å². The molecule has 1 saturated heterocycles. The van der Waals surface area contributed by atoms with Gasteiger partial charge in [0.25, 0.3) is 0 Å². The Hall–Kier alpha value is -1.06. The summed E-state index contributed by atoms with van der Waals surface area (Å²) in [4.78, 5) is 2.46. The highest BCUT2D eigenvalue weighted by atomic mass is 16.5. The summed E-state index contributed by atoms with van der Waals surface area (Å²) < 4.78 is 5.91. The molecule has 3 nitrogen and oxygen atoms in total. The van der Waals surface area contributed by atoms with Gasteiger partial charge in [0, 0.05) is 13.1 Å². The summed E-state index contributed by atoms with van der Waals surface area (Å²) in [5.74, 6) is 1.01. The lowest BCUT2D eigenvalue weighted by Crippen LogP contribution is -2.33. The Labute approximate surface area is 116 Å². The standard InChI is InChI=1S/C16H26N2O/c1-13-4-5-14(2)15(10-13)19-9-8-18-7-6-16(3,11-17)12-18/h4-5,10H,6-9,11-12,17H2,1-3H3. The van der Waals surface area contributed by atoms with Crippen LogP contribution in [-0.4, -0.2) is 37.7 Å². The molecule has 0 saturated carbocycles. The maximum atomic E-state index is 5.91. The minimum Gasteiger partial charge on any atom is -0.492 e. The van der Waals surface area contributed by atoms with Crippen molar-refractivity contribution in [2.24, 2.45) is 11.1 Å². The highest BCUT2D eigenvalue weighted by molar-refractivity contribution is 5.35. The first kappa shape index (κ1) is 14.4. The summed E-state index contributed by atoms with van der Waals surface area (Å²) in [6.45, 7) is 11.2. The zero-order chi connectivity index (χ0) is 13.9. The summed E-state index contributed by atoms with van der Waals surface area (Å²) in [6.07, 6.45) is 1.20. The number of ether oxygens (including phenoxy) is 1. The van der Waals surface area contributed by atoms with Crippen LogP contribution >= 0.6 is 0 Å². The predicted octanol–water partition coefficient (Wildman–Crippen LogP) is 2.35. The van der Waals surface area contributed by atoms with Gasteiger partial charge in [0.2, 0.25) is 0 Å². The lowest BCUT2D eigenvalue weighted by Gasteiger charge is -2.22. The number of nitrogens with two attached hydrogens (primary N) is 1. The van der Waals surface area contributed by atoms with E-state index < -0.39 is 0 Å². The SMILES string of the molecule is Cc1ccc(C)c(OCCN2CCC(C)(CN)C2)c1. The molecule has 3 heteroatoms. The van der Waals surface area contributed by atoms with Gasteiger partial charge in [-0.05, 0) is 56.0 Å². The number of aryl methyl sites for hydroxylation is 2. The molecule has 19 heavy (non-hydrogen) atoms. The topological polar surface area (TPSA) is 38.5 Å². The van der Waals surface area contributed by atoms with E-state index in [-0.39, 0.29) is 0 Å². The van der Waals surface area contributed by atoms with Gasteiger partial charge in [0.05, 0.1) is 0 Å². The molecule has 2 N–H and O–H groups in total. The van der Waals surface area contributed by atoms with Gasteiger partial charge in [-0.15, -0.1) is 0 Å². The van der Waals surface area contributed by atoms with Crippen molar-refractivity contribution in [1.82, 2.24) is 4.90 Å². The predicted molar refractivity (Wildman–Crippen MR) is 79.6 cm³/mol. The number of benzene rings is 1. The van der Waals surface area contributed by atoms with Crippen molar-refractivity contribution in [2.75, 3.05) is 32.8 Å². The summed E-state index contributed by atoms with van der Waals surface area (Å²) in [6, 6.07) is 6.35. The van der Waals surface area contributed by atoms with Crippen LogP contribution in [0.25, 0.3) is 0 Å². The Morgan fingerprint density at radius 1 is 1.37 bits per heavy atom. The van der Waals surface area contributed by atoms with Crippen LogP contribution in [0.15, 0.2) is 18.2 Å². The second-order valence-corrected chi connectivity index (χ2v) is 6.16. The Morgan fingerprint density at radius 2 is 2.16 bits per heavy atom. The molecule has 0 radical (unpaired) electrons. The van der Waals surface area contributed by atoms with Crippen molar-refractivity contribution < 1.29 is 4.74 Å². The minimum atomic E-state index is 0.305. The van der Waals surface area contributed by atoms with Gasteiger partial charge >= 0.3 is 0 Å².